The molecule has 0 saturated heterocycles. The normalized spacial score (nSPS) is 11.7. The van der Waals surface area contributed by atoms with Crippen molar-refractivity contribution in [1.82, 2.24) is 0 Å². The highest BCUT2D eigenvalue weighted by Gasteiger charge is 2.06. The molecular formula is C10H16ClNO. The first-order valence-corrected chi connectivity index (χ1v) is 4.05. The lowest BCUT2D eigenvalue weighted by molar-refractivity contribution is 0.407. The standard InChI is InChI=1S/C10H15NO.ClH/c1-7-4-5-10(12-3)9(6-7)8(2)11;/h4-6,8H,11H2,1-3H3;1H. The van der Waals surface area contributed by atoms with Gasteiger partial charge in [-0.1, -0.05) is 17.7 Å². The van der Waals surface area contributed by atoms with Crippen LogP contribution in [0.4, 0.5) is 0 Å². The van der Waals surface area contributed by atoms with Crippen LogP contribution < -0.4 is 10.5 Å². The first kappa shape index (κ1) is 12.3. The van der Waals surface area contributed by atoms with E-state index in [2.05, 4.69) is 6.07 Å². The van der Waals surface area contributed by atoms with Crippen molar-refractivity contribution >= 4 is 12.4 Å². The predicted molar refractivity (Wildman–Crippen MR) is 57.6 cm³/mol. The van der Waals surface area contributed by atoms with Crippen LogP contribution in [0.3, 0.4) is 0 Å². The summed E-state index contributed by atoms with van der Waals surface area (Å²) >= 11 is 0. The second-order valence-electron chi connectivity index (χ2n) is 3.03. The van der Waals surface area contributed by atoms with Crippen molar-refractivity contribution in [3.8, 4) is 5.75 Å². The molecule has 0 heterocycles. The van der Waals surface area contributed by atoms with Crippen molar-refractivity contribution in [2.45, 2.75) is 19.9 Å². The number of nitrogens with two attached hydrogens (primary N) is 1. The first-order chi connectivity index (χ1) is 5.65. The minimum atomic E-state index is 0. The van der Waals surface area contributed by atoms with E-state index in [0.29, 0.717) is 0 Å². The Balaban J connectivity index is 0.00000144. The van der Waals surface area contributed by atoms with E-state index < -0.39 is 0 Å². The summed E-state index contributed by atoms with van der Waals surface area (Å²) in [6.45, 7) is 4.00. The second-order valence-corrected chi connectivity index (χ2v) is 3.03. The highest BCUT2D eigenvalue weighted by atomic mass is 35.5. The van der Waals surface area contributed by atoms with Gasteiger partial charge in [0.25, 0.3) is 0 Å². The zero-order valence-electron chi connectivity index (χ0n) is 8.20. The molecule has 0 bridgehead atoms. The molecule has 13 heavy (non-hydrogen) atoms. The largest absolute Gasteiger partial charge is 0.496 e. The van der Waals surface area contributed by atoms with E-state index in [4.69, 9.17) is 10.5 Å². The van der Waals surface area contributed by atoms with Gasteiger partial charge in [-0.3, -0.25) is 0 Å². The lowest BCUT2D eigenvalue weighted by atomic mass is 10.1. The van der Waals surface area contributed by atoms with Gasteiger partial charge in [0.1, 0.15) is 5.75 Å². The summed E-state index contributed by atoms with van der Waals surface area (Å²) < 4.78 is 5.18. The van der Waals surface area contributed by atoms with Gasteiger partial charge in [0.15, 0.2) is 0 Å². The van der Waals surface area contributed by atoms with Crippen molar-refractivity contribution < 1.29 is 4.74 Å². The number of ether oxygens (including phenoxy) is 1. The molecule has 1 unspecified atom stereocenters. The Labute approximate surface area is 85.5 Å². The third-order valence-corrected chi connectivity index (χ3v) is 1.88. The molecule has 0 fully saturated rings. The number of methoxy groups -OCH3 is 1. The Morgan fingerprint density at radius 3 is 2.46 bits per heavy atom. The fourth-order valence-corrected chi connectivity index (χ4v) is 1.21. The van der Waals surface area contributed by atoms with Gasteiger partial charge in [0.2, 0.25) is 0 Å². The van der Waals surface area contributed by atoms with Crippen LogP contribution in [0, 0.1) is 6.92 Å². The van der Waals surface area contributed by atoms with Gasteiger partial charge < -0.3 is 10.5 Å². The SMILES string of the molecule is COc1ccc(C)cc1C(C)N.Cl. The number of hydrogen-bond donors (Lipinski definition) is 1. The van der Waals surface area contributed by atoms with Crippen LogP contribution in [-0.2, 0) is 0 Å². The average Bonchev–Trinajstić information content (AvgIpc) is 2.04. The van der Waals surface area contributed by atoms with Gasteiger partial charge in [-0.25, -0.2) is 0 Å². The van der Waals surface area contributed by atoms with Gasteiger partial charge in [0, 0.05) is 11.6 Å². The Kier molecular flexibility index (Phi) is 4.81. The molecule has 3 heteroatoms. The number of benzene rings is 1. The zero-order chi connectivity index (χ0) is 9.14. The predicted octanol–water partition coefficient (Wildman–Crippen LogP) is 2.45. The molecule has 0 aliphatic heterocycles. The van der Waals surface area contributed by atoms with E-state index in [9.17, 15) is 0 Å². The number of aryl methyl sites for hydroxylation is 1. The fourth-order valence-electron chi connectivity index (χ4n) is 1.21. The highest BCUT2D eigenvalue weighted by molar-refractivity contribution is 5.85. The molecular weight excluding hydrogens is 186 g/mol. The van der Waals surface area contributed by atoms with Crippen LogP contribution >= 0.6 is 12.4 Å². The first-order valence-electron chi connectivity index (χ1n) is 4.05. The Hall–Kier alpha value is -0.730. The van der Waals surface area contributed by atoms with E-state index in [0.717, 1.165) is 11.3 Å². The highest BCUT2D eigenvalue weighted by Crippen LogP contribution is 2.24. The second kappa shape index (κ2) is 5.10. The van der Waals surface area contributed by atoms with Crippen LogP contribution in [0.5, 0.6) is 5.75 Å². The van der Waals surface area contributed by atoms with E-state index in [-0.39, 0.29) is 18.4 Å². The van der Waals surface area contributed by atoms with Crippen LogP contribution in [-0.4, -0.2) is 7.11 Å². The summed E-state index contributed by atoms with van der Waals surface area (Å²) in [7, 11) is 1.66. The summed E-state index contributed by atoms with van der Waals surface area (Å²) in [6.07, 6.45) is 0. The van der Waals surface area contributed by atoms with Crippen molar-refractivity contribution in [1.29, 1.82) is 0 Å². The van der Waals surface area contributed by atoms with Crippen molar-refractivity contribution in [3.05, 3.63) is 29.3 Å². The summed E-state index contributed by atoms with van der Waals surface area (Å²) in [4.78, 5) is 0. The lowest BCUT2D eigenvalue weighted by Crippen LogP contribution is -2.07. The molecule has 2 N–H and O–H groups in total. The summed E-state index contributed by atoms with van der Waals surface area (Å²) in [5.41, 5.74) is 8.06. The van der Waals surface area contributed by atoms with E-state index >= 15 is 0 Å². The maximum Gasteiger partial charge on any atom is 0.123 e. The third-order valence-electron chi connectivity index (χ3n) is 1.88. The minimum Gasteiger partial charge on any atom is -0.496 e. The maximum absolute atomic E-state index is 5.78. The molecule has 74 valence electrons. The van der Waals surface area contributed by atoms with Gasteiger partial charge in [-0.2, -0.15) is 0 Å². The minimum absolute atomic E-state index is 0. The average molecular weight is 202 g/mol. The zero-order valence-corrected chi connectivity index (χ0v) is 9.02. The van der Waals surface area contributed by atoms with Gasteiger partial charge >= 0.3 is 0 Å². The number of halogens is 1. The van der Waals surface area contributed by atoms with Crippen LogP contribution in [0.1, 0.15) is 24.1 Å². The molecule has 0 amide bonds. The van der Waals surface area contributed by atoms with Crippen LogP contribution in [0.2, 0.25) is 0 Å². The third kappa shape index (κ3) is 2.90. The van der Waals surface area contributed by atoms with Crippen molar-refractivity contribution in [2.24, 2.45) is 5.73 Å². The van der Waals surface area contributed by atoms with Crippen molar-refractivity contribution in [3.63, 3.8) is 0 Å². The molecule has 0 saturated carbocycles. The monoisotopic (exact) mass is 201 g/mol. The molecule has 1 atom stereocenters. The molecule has 0 spiro atoms. The van der Waals surface area contributed by atoms with E-state index in [1.807, 2.05) is 26.0 Å². The fraction of sp³-hybridized carbons (Fsp3) is 0.400. The number of rotatable bonds is 2. The number of hydrogen-bond acceptors (Lipinski definition) is 2. The van der Waals surface area contributed by atoms with E-state index in [1.54, 1.807) is 7.11 Å². The Morgan fingerprint density at radius 2 is 2.00 bits per heavy atom. The summed E-state index contributed by atoms with van der Waals surface area (Å²) in [6, 6.07) is 6.06. The molecule has 1 rings (SSSR count). The van der Waals surface area contributed by atoms with Gasteiger partial charge in [-0.05, 0) is 19.9 Å². The molecule has 0 aromatic heterocycles. The van der Waals surface area contributed by atoms with Crippen LogP contribution in [0.25, 0.3) is 0 Å². The molecule has 1 aromatic carbocycles. The molecule has 0 aliphatic rings. The molecule has 2 nitrogen and oxygen atoms in total. The smallest absolute Gasteiger partial charge is 0.123 e. The molecule has 0 aliphatic carbocycles. The van der Waals surface area contributed by atoms with E-state index in [1.165, 1.54) is 5.56 Å². The molecule has 0 radical (unpaired) electrons. The Morgan fingerprint density at radius 1 is 1.38 bits per heavy atom. The van der Waals surface area contributed by atoms with Gasteiger partial charge in [-0.15, -0.1) is 12.4 Å². The summed E-state index contributed by atoms with van der Waals surface area (Å²) in [5.74, 6) is 0.871. The quantitative estimate of drug-likeness (QED) is 0.798. The topological polar surface area (TPSA) is 35.2 Å². The maximum atomic E-state index is 5.78. The lowest BCUT2D eigenvalue weighted by Gasteiger charge is -2.11. The van der Waals surface area contributed by atoms with Crippen LogP contribution in [0.15, 0.2) is 18.2 Å². The van der Waals surface area contributed by atoms with Gasteiger partial charge in [0.05, 0.1) is 7.11 Å². The molecule has 1 aromatic rings. The summed E-state index contributed by atoms with van der Waals surface area (Å²) in [5, 5.41) is 0. The van der Waals surface area contributed by atoms with Crippen molar-refractivity contribution in [2.75, 3.05) is 7.11 Å². The Bertz CT molecular complexity index is 274.